The fraction of sp³-hybridized carbons (Fsp3) is 0.190. The van der Waals surface area contributed by atoms with Crippen molar-refractivity contribution in [2.45, 2.75) is 20.3 Å². The van der Waals surface area contributed by atoms with Crippen molar-refractivity contribution < 1.29 is 4.74 Å². The molecule has 0 amide bonds. The standard InChI is InChI=1S/C21H17N3OS/c1-3-14-10-11-16-19(23-14)18-17(13-8-6-5-7-9-13)15(12-22)20(25-4-2)24-21(18)26-16/h5-11H,3-4H2,1-2H3. The van der Waals surface area contributed by atoms with Gasteiger partial charge in [0, 0.05) is 16.6 Å². The molecule has 5 heteroatoms. The molecule has 0 aliphatic rings. The molecule has 4 aromatic rings. The van der Waals surface area contributed by atoms with Gasteiger partial charge >= 0.3 is 0 Å². The van der Waals surface area contributed by atoms with Gasteiger partial charge in [0.25, 0.3) is 0 Å². The minimum absolute atomic E-state index is 0.392. The van der Waals surface area contributed by atoms with Gasteiger partial charge in [-0.2, -0.15) is 5.26 Å². The summed E-state index contributed by atoms with van der Waals surface area (Å²) in [4.78, 5) is 10.3. The van der Waals surface area contributed by atoms with E-state index in [1.165, 1.54) is 0 Å². The third-order valence-electron chi connectivity index (χ3n) is 4.31. The Morgan fingerprint density at radius 3 is 2.58 bits per heavy atom. The average molecular weight is 359 g/mol. The number of rotatable bonds is 4. The van der Waals surface area contributed by atoms with Crippen molar-refractivity contribution in [3.8, 4) is 23.1 Å². The molecule has 0 saturated heterocycles. The summed E-state index contributed by atoms with van der Waals surface area (Å²) < 4.78 is 6.76. The van der Waals surface area contributed by atoms with Crippen molar-refractivity contribution in [2.24, 2.45) is 0 Å². The number of hydrogen-bond donors (Lipinski definition) is 0. The summed E-state index contributed by atoms with van der Waals surface area (Å²) in [6, 6.07) is 16.4. The van der Waals surface area contributed by atoms with Crippen LogP contribution in [-0.4, -0.2) is 16.6 Å². The van der Waals surface area contributed by atoms with E-state index in [2.05, 4.69) is 30.1 Å². The monoisotopic (exact) mass is 359 g/mol. The first-order chi connectivity index (χ1) is 12.8. The van der Waals surface area contributed by atoms with E-state index in [-0.39, 0.29) is 0 Å². The van der Waals surface area contributed by atoms with Crippen LogP contribution in [0.3, 0.4) is 0 Å². The van der Waals surface area contributed by atoms with Crippen LogP contribution in [0.15, 0.2) is 42.5 Å². The number of fused-ring (bicyclic) bond motifs is 3. The Hall–Kier alpha value is -2.97. The molecular formula is C21H17N3OS. The van der Waals surface area contributed by atoms with Crippen LogP contribution in [0.5, 0.6) is 5.88 Å². The summed E-state index contributed by atoms with van der Waals surface area (Å²) >= 11 is 1.59. The van der Waals surface area contributed by atoms with Crippen LogP contribution >= 0.6 is 11.3 Å². The highest BCUT2D eigenvalue weighted by atomic mass is 32.1. The smallest absolute Gasteiger partial charge is 0.233 e. The Balaban J connectivity index is 2.19. The second-order valence-corrected chi connectivity index (χ2v) is 6.89. The average Bonchev–Trinajstić information content (AvgIpc) is 3.04. The molecule has 0 atom stereocenters. The number of nitrogens with zero attached hydrogens (tertiary/aromatic N) is 3. The topological polar surface area (TPSA) is 58.8 Å². The normalized spacial score (nSPS) is 11.0. The second-order valence-electron chi connectivity index (χ2n) is 5.86. The lowest BCUT2D eigenvalue weighted by Crippen LogP contribution is -2.00. The third-order valence-corrected chi connectivity index (χ3v) is 5.35. The van der Waals surface area contributed by atoms with Crippen molar-refractivity contribution >= 4 is 31.8 Å². The molecule has 26 heavy (non-hydrogen) atoms. The zero-order chi connectivity index (χ0) is 18.1. The molecule has 3 aromatic heterocycles. The van der Waals surface area contributed by atoms with Gasteiger partial charge < -0.3 is 4.74 Å². The minimum atomic E-state index is 0.392. The lowest BCUT2D eigenvalue weighted by molar-refractivity contribution is 0.327. The van der Waals surface area contributed by atoms with Gasteiger partial charge in [0.1, 0.15) is 16.5 Å². The first-order valence-corrected chi connectivity index (χ1v) is 9.42. The van der Waals surface area contributed by atoms with Gasteiger partial charge in [-0.25, -0.2) is 4.98 Å². The summed E-state index contributed by atoms with van der Waals surface area (Å²) in [7, 11) is 0. The molecule has 0 spiro atoms. The molecule has 0 aliphatic carbocycles. The highest BCUT2D eigenvalue weighted by molar-refractivity contribution is 7.25. The molecule has 0 aliphatic heterocycles. The summed E-state index contributed by atoms with van der Waals surface area (Å²) in [5.41, 5.74) is 4.24. The van der Waals surface area contributed by atoms with E-state index in [0.29, 0.717) is 18.1 Å². The summed E-state index contributed by atoms with van der Waals surface area (Å²) in [5.74, 6) is 0.392. The molecule has 1 aromatic carbocycles. The largest absolute Gasteiger partial charge is 0.477 e. The Morgan fingerprint density at radius 2 is 1.88 bits per heavy atom. The van der Waals surface area contributed by atoms with Crippen molar-refractivity contribution in [1.82, 2.24) is 9.97 Å². The predicted molar refractivity (Wildman–Crippen MR) is 106 cm³/mol. The van der Waals surface area contributed by atoms with Crippen LogP contribution in [0.4, 0.5) is 0 Å². The molecule has 3 heterocycles. The van der Waals surface area contributed by atoms with Crippen molar-refractivity contribution in [1.29, 1.82) is 5.26 Å². The van der Waals surface area contributed by atoms with Crippen molar-refractivity contribution in [2.75, 3.05) is 6.61 Å². The van der Waals surface area contributed by atoms with Crippen molar-refractivity contribution in [3.63, 3.8) is 0 Å². The quantitative estimate of drug-likeness (QED) is 0.493. The highest BCUT2D eigenvalue weighted by Crippen LogP contribution is 2.42. The molecular weight excluding hydrogens is 342 g/mol. The van der Waals surface area contributed by atoms with E-state index in [4.69, 9.17) is 9.72 Å². The van der Waals surface area contributed by atoms with E-state index in [1.807, 2.05) is 37.3 Å². The molecule has 0 saturated carbocycles. The van der Waals surface area contributed by atoms with Crippen LogP contribution in [-0.2, 0) is 6.42 Å². The number of aryl methyl sites for hydroxylation is 1. The number of ether oxygens (including phenoxy) is 1. The Kier molecular flexibility index (Phi) is 4.27. The summed E-state index contributed by atoms with van der Waals surface area (Å²) in [6.07, 6.45) is 0.865. The zero-order valence-corrected chi connectivity index (χ0v) is 15.4. The van der Waals surface area contributed by atoms with E-state index < -0.39 is 0 Å². The van der Waals surface area contributed by atoms with E-state index in [1.54, 1.807) is 11.3 Å². The Bertz CT molecular complexity index is 1140. The maximum absolute atomic E-state index is 9.87. The molecule has 0 bridgehead atoms. The Morgan fingerprint density at radius 1 is 1.08 bits per heavy atom. The molecule has 0 N–H and O–H groups in total. The maximum atomic E-state index is 9.87. The summed E-state index contributed by atoms with van der Waals surface area (Å²) in [5, 5.41) is 10.8. The van der Waals surface area contributed by atoms with Crippen LogP contribution in [0.25, 0.3) is 31.6 Å². The number of pyridine rings is 2. The maximum Gasteiger partial charge on any atom is 0.233 e. The van der Waals surface area contributed by atoms with Gasteiger partial charge in [0.2, 0.25) is 5.88 Å². The van der Waals surface area contributed by atoms with E-state index >= 15 is 0 Å². The molecule has 4 nitrogen and oxygen atoms in total. The van der Waals surface area contributed by atoms with Crippen molar-refractivity contribution in [3.05, 3.63) is 53.7 Å². The number of benzene rings is 1. The van der Waals surface area contributed by atoms with Crippen LogP contribution in [0.2, 0.25) is 0 Å². The lowest BCUT2D eigenvalue weighted by Gasteiger charge is -2.11. The molecule has 0 unspecified atom stereocenters. The van der Waals surface area contributed by atoms with Gasteiger partial charge in [-0.3, -0.25) is 4.98 Å². The SMILES string of the molecule is CCOc1nc2sc3ccc(CC)nc3c2c(-c2ccccc2)c1C#N. The fourth-order valence-corrected chi connectivity index (χ4v) is 4.14. The molecule has 0 radical (unpaired) electrons. The summed E-state index contributed by atoms with van der Waals surface area (Å²) in [6.45, 7) is 4.45. The third kappa shape index (κ3) is 2.59. The second kappa shape index (κ2) is 6.74. The number of thiophene rings is 1. The van der Waals surface area contributed by atoms with Crippen LogP contribution < -0.4 is 4.74 Å². The Labute approximate surface area is 155 Å². The van der Waals surface area contributed by atoms with Gasteiger partial charge in [0.05, 0.1) is 16.8 Å². The first kappa shape index (κ1) is 16.5. The number of aromatic nitrogens is 2. The molecule has 4 rings (SSSR count). The molecule has 128 valence electrons. The number of hydrogen-bond acceptors (Lipinski definition) is 5. The molecule has 0 fully saturated rings. The number of nitriles is 1. The fourth-order valence-electron chi connectivity index (χ4n) is 3.12. The van der Waals surface area contributed by atoms with E-state index in [9.17, 15) is 5.26 Å². The lowest BCUT2D eigenvalue weighted by atomic mass is 9.98. The van der Waals surface area contributed by atoms with Gasteiger partial charge in [-0.05, 0) is 31.0 Å². The van der Waals surface area contributed by atoms with Gasteiger partial charge in [0.15, 0.2) is 0 Å². The predicted octanol–water partition coefficient (Wildman–Crippen LogP) is 5.34. The highest BCUT2D eigenvalue weighted by Gasteiger charge is 2.22. The van der Waals surface area contributed by atoms with Crippen LogP contribution in [0, 0.1) is 11.3 Å². The van der Waals surface area contributed by atoms with E-state index in [0.717, 1.165) is 43.7 Å². The van der Waals surface area contributed by atoms with Gasteiger partial charge in [-0.15, -0.1) is 11.3 Å². The first-order valence-electron chi connectivity index (χ1n) is 8.61. The van der Waals surface area contributed by atoms with Crippen LogP contribution in [0.1, 0.15) is 25.1 Å². The zero-order valence-electron chi connectivity index (χ0n) is 14.6. The van der Waals surface area contributed by atoms with Gasteiger partial charge in [-0.1, -0.05) is 37.3 Å². The minimum Gasteiger partial charge on any atom is -0.477 e.